The van der Waals surface area contributed by atoms with E-state index < -0.39 is 0 Å². The molecule has 2 aromatic rings. The molecule has 22 heavy (non-hydrogen) atoms. The zero-order valence-electron chi connectivity index (χ0n) is 13.2. The monoisotopic (exact) mass is 303 g/mol. The van der Waals surface area contributed by atoms with Gasteiger partial charge >= 0.3 is 0 Å². The normalized spacial score (nSPS) is 18.7. The molecule has 1 fully saturated rings. The third-order valence-corrected chi connectivity index (χ3v) is 3.66. The summed E-state index contributed by atoms with van der Waals surface area (Å²) in [6, 6.07) is 1.95. The number of hydrogen-bond donors (Lipinski definition) is 1. The van der Waals surface area contributed by atoms with Crippen molar-refractivity contribution in [3.8, 4) is 0 Å². The van der Waals surface area contributed by atoms with Crippen LogP contribution < -0.4 is 10.6 Å². The molecule has 1 aliphatic rings. The second kappa shape index (κ2) is 5.88. The molecule has 8 heteroatoms. The third-order valence-electron chi connectivity index (χ3n) is 3.66. The Balaban J connectivity index is 1.72. The van der Waals surface area contributed by atoms with E-state index in [1.807, 2.05) is 31.5 Å². The summed E-state index contributed by atoms with van der Waals surface area (Å²) in [6.45, 7) is 8.64. The van der Waals surface area contributed by atoms with E-state index in [0.717, 1.165) is 36.3 Å². The lowest BCUT2D eigenvalue weighted by molar-refractivity contribution is 0.0267. The lowest BCUT2D eigenvalue weighted by Crippen LogP contribution is -2.45. The Morgan fingerprint density at radius 3 is 2.77 bits per heavy atom. The number of nitrogens with two attached hydrogens (primary N) is 1. The van der Waals surface area contributed by atoms with Gasteiger partial charge in [-0.15, -0.1) is 0 Å². The Kier molecular flexibility index (Phi) is 3.93. The van der Waals surface area contributed by atoms with Crippen LogP contribution in [0.15, 0.2) is 6.07 Å². The number of rotatable bonds is 3. The molecule has 0 unspecified atom stereocenters. The smallest absolute Gasteiger partial charge is 0.222 e. The average Bonchev–Trinajstić information content (AvgIpc) is 2.76. The van der Waals surface area contributed by atoms with Gasteiger partial charge in [0.25, 0.3) is 0 Å². The number of anilines is 2. The van der Waals surface area contributed by atoms with Crippen LogP contribution >= 0.6 is 0 Å². The molecule has 1 aliphatic heterocycles. The topological polar surface area (TPSA) is 95.0 Å². The second-order valence-electron chi connectivity index (χ2n) is 5.55. The van der Waals surface area contributed by atoms with Crippen molar-refractivity contribution >= 4 is 11.8 Å². The van der Waals surface area contributed by atoms with Gasteiger partial charge in [-0.05, 0) is 20.8 Å². The van der Waals surface area contributed by atoms with E-state index in [9.17, 15) is 0 Å². The quantitative estimate of drug-likeness (QED) is 0.881. The number of aromatic nitrogens is 5. The SMILES string of the molecule is Cc1cc(N2CCO[C@H](Cn3nc(C)nc3C)C2)nc(N)n1. The molecule has 2 N–H and O–H groups in total. The fourth-order valence-corrected chi connectivity index (χ4v) is 2.70. The first kappa shape index (κ1) is 14.7. The Morgan fingerprint density at radius 2 is 2.09 bits per heavy atom. The van der Waals surface area contributed by atoms with E-state index >= 15 is 0 Å². The average molecular weight is 303 g/mol. The van der Waals surface area contributed by atoms with Crippen molar-refractivity contribution in [1.82, 2.24) is 24.7 Å². The molecule has 0 saturated carbocycles. The van der Waals surface area contributed by atoms with E-state index in [1.54, 1.807) is 0 Å². The fourth-order valence-electron chi connectivity index (χ4n) is 2.70. The van der Waals surface area contributed by atoms with Crippen molar-refractivity contribution in [1.29, 1.82) is 0 Å². The minimum Gasteiger partial charge on any atom is -0.373 e. The first-order chi connectivity index (χ1) is 10.5. The van der Waals surface area contributed by atoms with Gasteiger partial charge in [0.05, 0.1) is 19.3 Å². The Morgan fingerprint density at radius 1 is 1.27 bits per heavy atom. The van der Waals surface area contributed by atoms with Crippen LogP contribution in [0, 0.1) is 20.8 Å². The second-order valence-corrected chi connectivity index (χ2v) is 5.55. The van der Waals surface area contributed by atoms with Gasteiger partial charge in [-0.1, -0.05) is 0 Å². The van der Waals surface area contributed by atoms with Gasteiger partial charge in [0, 0.05) is 24.8 Å². The van der Waals surface area contributed by atoms with Crippen molar-refractivity contribution in [2.24, 2.45) is 0 Å². The zero-order chi connectivity index (χ0) is 15.7. The Hall–Kier alpha value is -2.22. The number of aryl methyl sites for hydroxylation is 3. The summed E-state index contributed by atoms with van der Waals surface area (Å²) in [7, 11) is 0. The van der Waals surface area contributed by atoms with E-state index in [0.29, 0.717) is 19.1 Å². The number of ether oxygens (including phenoxy) is 1. The summed E-state index contributed by atoms with van der Waals surface area (Å²) in [5, 5.41) is 4.39. The summed E-state index contributed by atoms with van der Waals surface area (Å²) >= 11 is 0. The molecular weight excluding hydrogens is 282 g/mol. The number of morpholine rings is 1. The van der Waals surface area contributed by atoms with Gasteiger partial charge < -0.3 is 15.4 Å². The maximum absolute atomic E-state index is 5.85. The van der Waals surface area contributed by atoms with E-state index in [2.05, 4.69) is 25.0 Å². The van der Waals surface area contributed by atoms with E-state index in [4.69, 9.17) is 10.5 Å². The van der Waals surface area contributed by atoms with Crippen LogP contribution in [0.25, 0.3) is 0 Å². The van der Waals surface area contributed by atoms with Crippen LogP contribution in [0.4, 0.5) is 11.8 Å². The van der Waals surface area contributed by atoms with E-state index in [1.165, 1.54) is 0 Å². The lowest BCUT2D eigenvalue weighted by atomic mass is 10.2. The molecule has 0 spiro atoms. The van der Waals surface area contributed by atoms with Crippen LogP contribution in [-0.2, 0) is 11.3 Å². The third kappa shape index (κ3) is 3.16. The highest BCUT2D eigenvalue weighted by molar-refractivity contribution is 5.43. The molecule has 3 heterocycles. The highest BCUT2D eigenvalue weighted by atomic mass is 16.5. The molecule has 0 aliphatic carbocycles. The highest BCUT2D eigenvalue weighted by Crippen LogP contribution is 2.18. The predicted molar refractivity (Wildman–Crippen MR) is 82.6 cm³/mol. The van der Waals surface area contributed by atoms with Crippen molar-refractivity contribution in [2.45, 2.75) is 33.4 Å². The van der Waals surface area contributed by atoms with Gasteiger partial charge in [0.2, 0.25) is 5.95 Å². The largest absolute Gasteiger partial charge is 0.373 e. The number of nitrogens with zero attached hydrogens (tertiary/aromatic N) is 6. The first-order valence-electron chi connectivity index (χ1n) is 7.37. The maximum Gasteiger partial charge on any atom is 0.222 e. The van der Waals surface area contributed by atoms with Gasteiger partial charge in [0.1, 0.15) is 17.5 Å². The van der Waals surface area contributed by atoms with Crippen LogP contribution in [0.5, 0.6) is 0 Å². The highest BCUT2D eigenvalue weighted by Gasteiger charge is 2.23. The van der Waals surface area contributed by atoms with Crippen molar-refractivity contribution in [3.63, 3.8) is 0 Å². The molecule has 118 valence electrons. The molecule has 0 bridgehead atoms. The molecule has 8 nitrogen and oxygen atoms in total. The van der Waals surface area contributed by atoms with Crippen LogP contribution in [-0.4, -0.2) is 50.5 Å². The molecule has 0 aromatic carbocycles. The Labute approximate surface area is 129 Å². The lowest BCUT2D eigenvalue weighted by Gasteiger charge is -2.33. The molecular formula is C14H21N7O. The Bertz CT molecular complexity index is 649. The van der Waals surface area contributed by atoms with Crippen LogP contribution in [0.2, 0.25) is 0 Å². The minimum atomic E-state index is 0.0463. The van der Waals surface area contributed by atoms with Crippen molar-refractivity contribution in [3.05, 3.63) is 23.4 Å². The minimum absolute atomic E-state index is 0.0463. The summed E-state index contributed by atoms with van der Waals surface area (Å²) < 4.78 is 7.75. The van der Waals surface area contributed by atoms with Gasteiger partial charge in [-0.2, -0.15) is 10.1 Å². The van der Waals surface area contributed by atoms with Gasteiger partial charge in [-0.3, -0.25) is 0 Å². The van der Waals surface area contributed by atoms with Crippen molar-refractivity contribution in [2.75, 3.05) is 30.3 Å². The summed E-state index contributed by atoms with van der Waals surface area (Å²) in [5.74, 6) is 2.84. The molecule has 0 radical (unpaired) electrons. The molecule has 0 amide bonds. The van der Waals surface area contributed by atoms with Gasteiger partial charge in [0.15, 0.2) is 0 Å². The number of hydrogen-bond acceptors (Lipinski definition) is 7. The van der Waals surface area contributed by atoms with Crippen LogP contribution in [0.3, 0.4) is 0 Å². The molecule has 3 rings (SSSR count). The fraction of sp³-hybridized carbons (Fsp3) is 0.571. The van der Waals surface area contributed by atoms with E-state index in [-0.39, 0.29) is 6.10 Å². The standard InChI is InChI=1S/C14H21N7O/c1-9-6-13(18-14(15)16-9)20-4-5-22-12(7-20)8-21-11(3)17-10(2)19-21/h6,12H,4-5,7-8H2,1-3H3,(H2,15,16,18)/t12-/m0/s1. The molecule has 2 aromatic heterocycles. The van der Waals surface area contributed by atoms with Gasteiger partial charge in [-0.25, -0.2) is 14.6 Å². The van der Waals surface area contributed by atoms with Crippen LogP contribution in [0.1, 0.15) is 17.3 Å². The zero-order valence-corrected chi connectivity index (χ0v) is 13.2. The maximum atomic E-state index is 5.85. The summed E-state index contributed by atoms with van der Waals surface area (Å²) in [5.41, 5.74) is 6.61. The first-order valence-corrected chi connectivity index (χ1v) is 7.37. The predicted octanol–water partition coefficient (Wildman–Crippen LogP) is 0.481. The number of nitrogen functional groups attached to an aromatic ring is 1. The molecule has 1 atom stereocenters. The summed E-state index contributed by atoms with van der Waals surface area (Å²) in [6.07, 6.45) is 0.0463. The molecule has 1 saturated heterocycles. The van der Waals surface area contributed by atoms with Crippen molar-refractivity contribution < 1.29 is 4.74 Å². The summed E-state index contributed by atoms with van der Waals surface area (Å²) in [4.78, 5) is 14.9.